The summed E-state index contributed by atoms with van der Waals surface area (Å²) in [5.41, 5.74) is 4.04. The van der Waals surface area contributed by atoms with E-state index in [1.807, 2.05) is 0 Å². The number of rotatable bonds is 1. The Morgan fingerprint density at radius 3 is 2.60 bits per heavy atom. The van der Waals surface area contributed by atoms with Gasteiger partial charge in [0.2, 0.25) is 0 Å². The van der Waals surface area contributed by atoms with E-state index >= 15 is 0 Å². The number of anilines is 1. The molecule has 0 spiro atoms. The van der Waals surface area contributed by atoms with Crippen LogP contribution in [0.2, 0.25) is 0 Å². The van der Waals surface area contributed by atoms with E-state index in [-0.39, 0.29) is 5.82 Å². The monoisotopic (exact) mass is 213 g/mol. The van der Waals surface area contributed by atoms with Crippen molar-refractivity contribution in [3.05, 3.63) is 17.8 Å². The number of nitrogens with zero attached hydrogens (tertiary/aromatic N) is 2. The Hall–Kier alpha value is -1.72. The third kappa shape index (κ3) is 2.87. The second-order valence-electron chi connectivity index (χ2n) is 3.92. The van der Waals surface area contributed by atoms with Gasteiger partial charge < -0.3 is 10.5 Å². The summed E-state index contributed by atoms with van der Waals surface area (Å²) in [6.07, 6.45) is 1.01. The van der Waals surface area contributed by atoms with Crippen LogP contribution in [0.5, 0.6) is 0 Å². The molecule has 0 bridgehead atoms. The van der Waals surface area contributed by atoms with E-state index in [9.17, 15) is 9.18 Å². The molecule has 15 heavy (non-hydrogen) atoms. The van der Waals surface area contributed by atoms with Crippen molar-refractivity contribution in [1.29, 1.82) is 0 Å². The molecule has 0 aromatic carbocycles. The molecule has 0 atom stereocenters. The van der Waals surface area contributed by atoms with Gasteiger partial charge in [0.05, 0.1) is 0 Å². The van der Waals surface area contributed by atoms with Gasteiger partial charge in [0, 0.05) is 0 Å². The molecule has 1 aromatic heterocycles. The minimum absolute atomic E-state index is 0.370. The Balaban J connectivity index is 2.97. The summed E-state index contributed by atoms with van der Waals surface area (Å²) in [7, 11) is 0. The zero-order chi connectivity index (χ0) is 11.6. The Labute approximate surface area is 86.5 Å². The second kappa shape index (κ2) is 3.80. The number of esters is 1. The van der Waals surface area contributed by atoms with Crippen LogP contribution in [0.4, 0.5) is 10.2 Å². The fourth-order valence-electron chi connectivity index (χ4n) is 0.852. The van der Waals surface area contributed by atoms with E-state index in [0.29, 0.717) is 0 Å². The van der Waals surface area contributed by atoms with Crippen molar-refractivity contribution in [3.8, 4) is 0 Å². The molecule has 1 heterocycles. The summed E-state index contributed by atoms with van der Waals surface area (Å²) < 4.78 is 18.2. The molecule has 1 rings (SSSR count). The summed E-state index contributed by atoms with van der Waals surface area (Å²) in [4.78, 5) is 18.3. The molecule has 2 N–H and O–H groups in total. The molecule has 5 nitrogen and oxygen atoms in total. The van der Waals surface area contributed by atoms with Crippen molar-refractivity contribution in [3.63, 3.8) is 0 Å². The van der Waals surface area contributed by atoms with Gasteiger partial charge in [-0.15, -0.1) is 0 Å². The Morgan fingerprint density at radius 2 is 2.07 bits per heavy atom. The average Bonchev–Trinajstić information content (AvgIpc) is 2.06. The van der Waals surface area contributed by atoms with Crippen LogP contribution in [0, 0.1) is 5.82 Å². The van der Waals surface area contributed by atoms with Crippen LogP contribution in [0.1, 0.15) is 31.3 Å². The first-order valence-corrected chi connectivity index (χ1v) is 4.30. The summed E-state index contributed by atoms with van der Waals surface area (Å²) >= 11 is 0. The second-order valence-corrected chi connectivity index (χ2v) is 3.92. The average molecular weight is 213 g/mol. The van der Waals surface area contributed by atoms with Gasteiger partial charge in [0.1, 0.15) is 11.9 Å². The SMILES string of the molecule is CC(C)(C)OC(=O)c1ncnc(N)c1F. The van der Waals surface area contributed by atoms with Crippen LogP contribution < -0.4 is 5.73 Å². The van der Waals surface area contributed by atoms with Gasteiger partial charge in [-0.05, 0) is 20.8 Å². The summed E-state index contributed by atoms with van der Waals surface area (Å²) in [5, 5.41) is 0. The molecule has 82 valence electrons. The summed E-state index contributed by atoms with van der Waals surface area (Å²) in [6.45, 7) is 5.02. The highest BCUT2D eigenvalue weighted by Crippen LogP contribution is 2.14. The maximum absolute atomic E-state index is 13.3. The first kappa shape index (κ1) is 11.4. The lowest BCUT2D eigenvalue weighted by Gasteiger charge is -2.19. The van der Waals surface area contributed by atoms with Crippen molar-refractivity contribution in [1.82, 2.24) is 9.97 Å². The zero-order valence-electron chi connectivity index (χ0n) is 8.74. The number of ether oxygens (including phenoxy) is 1. The molecular weight excluding hydrogens is 201 g/mol. The molecule has 0 saturated heterocycles. The minimum atomic E-state index is -0.952. The highest BCUT2D eigenvalue weighted by atomic mass is 19.1. The minimum Gasteiger partial charge on any atom is -0.455 e. The Kier molecular flexibility index (Phi) is 2.88. The molecule has 6 heteroatoms. The van der Waals surface area contributed by atoms with Gasteiger partial charge in [0.25, 0.3) is 0 Å². The molecule has 1 aromatic rings. The van der Waals surface area contributed by atoms with E-state index in [1.54, 1.807) is 20.8 Å². The quantitative estimate of drug-likeness (QED) is 0.708. The molecule has 0 aliphatic rings. The smallest absolute Gasteiger partial charge is 0.360 e. The first-order valence-electron chi connectivity index (χ1n) is 4.30. The largest absolute Gasteiger partial charge is 0.455 e. The normalized spacial score (nSPS) is 11.2. The van der Waals surface area contributed by atoms with Crippen LogP contribution in [-0.4, -0.2) is 21.5 Å². The topological polar surface area (TPSA) is 78.1 Å². The molecule has 0 amide bonds. The van der Waals surface area contributed by atoms with Gasteiger partial charge in [-0.3, -0.25) is 0 Å². The number of carbonyl (C=O) groups is 1. The Morgan fingerprint density at radius 1 is 1.47 bits per heavy atom. The van der Waals surface area contributed by atoms with E-state index in [2.05, 4.69) is 9.97 Å². The van der Waals surface area contributed by atoms with Crippen LogP contribution >= 0.6 is 0 Å². The van der Waals surface area contributed by atoms with E-state index < -0.39 is 23.1 Å². The fraction of sp³-hybridized carbons (Fsp3) is 0.444. The lowest BCUT2D eigenvalue weighted by molar-refractivity contribution is 0.00574. The lowest BCUT2D eigenvalue weighted by Crippen LogP contribution is -2.25. The summed E-state index contributed by atoms with van der Waals surface area (Å²) in [5.74, 6) is -2.17. The highest BCUT2D eigenvalue weighted by molar-refractivity contribution is 5.88. The number of aromatic nitrogens is 2. The fourth-order valence-corrected chi connectivity index (χ4v) is 0.852. The van der Waals surface area contributed by atoms with Gasteiger partial charge in [-0.1, -0.05) is 0 Å². The predicted molar refractivity (Wildman–Crippen MR) is 51.6 cm³/mol. The van der Waals surface area contributed by atoms with Crippen molar-refractivity contribution in [2.75, 3.05) is 5.73 Å². The van der Waals surface area contributed by atoms with E-state index in [1.165, 1.54) is 0 Å². The standard InChI is InChI=1S/C9H12FN3O2/c1-9(2,3)15-8(14)6-5(10)7(11)13-4-12-6/h4H,1-3H3,(H2,11,12,13). The van der Waals surface area contributed by atoms with Crippen LogP contribution in [-0.2, 0) is 4.74 Å². The van der Waals surface area contributed by atoms with Crippen molar-refractivity contribution in [2.24, 2.45) is 0 Å². The zero-order valence-corrected chi connectivity index (χ0v) is 8.74. The number of carbonyl (C=O) groups excluding carboxylic acids is 1. The van der Waals surface area contributed by atoms with Gasteiger partial charge in [-0.2, -0.15) is 0 Å². The van der Waals surface area contributed by atoms with Crippen LogP contribution in [0.25, 0.3) is 0 Å². The molecule has 0 radical (unpaired) electrons. The number of hydrogen-bond donors (Lipinski definition) is 1. The lowest BCUT2D eigenvalue weighted by atomic mass is 10.2. The first-order chi connectivity index (χ1) is 6.81. The molecule has 0 fully saturated rings. The molecule has 0 aliphatic heterocycles. The predicted octanol–water partition coefficient (Wildman–Crippen LogP) is 1.15. The number of nitrogen functional groups attached to an aromatic ring is 1. The van der Waals surface area contributed by atoms with Gasteiger partial charge in [-0.25, -0.2) is 19.2 Å². The molecule has 0 saturated carbocycles. The highest BCUT2D eigenvalue weighted by Gasteiger charge is 2.23. The van der Waals surface area contributed by atoms with E-state index in [0.717, 1.165) is 6.33 Å². The third-order valence-corrected chi connectivity index (χ3v) is 1.41. The van der Waals surface area contributed by atoms with Crippen LogP contribution in [0.3, 0.4) is 0 Å². The van der Waals surface area contributed by atoms with Gasteiger partial charge >= 0.3 is 5.97 Å². The van der Waals surface area contributed by atoms with Crippen molar-refractivity contribution in [2.45, 2.75) is 26.4 Å². The molecule has 0 aliphatic carbocycles. The third-order valence-electron chi connectivity index (χ3n) is 1.41. The molecule has 0 unspecified atom stereocenters. The maximum atomic E-state index is 13.3. The van der Waals surface area contributed by atoms with Crippen molar-refractivity contribution >= 4 is 11.8 Å². The van der Waals surface area contributed by atoms with E-state index in [4.69, 9.17) is 10.5 Å². The molecular formula is C9H12FN3O2. The van der Waals surface area contributed by atoms with Crippen LogP contribution in [0.15, 0.2) is 6.33 Å². The number of nitrogens with two attached hydrogens (primary N) is 1. The van der Waals surface area contributed by atoms with Gasteiger partial charge in [0.15, 0.2) is 17.3 Å². The van der Waals surface area contributed by atoms with Crippen molar-refractivity contribution < 1.29 is 13.9 Å². The maximum Gasteiger partial charge on any atom is 0.360 e. The summed E-state index contributed by atoms with van der Waals surface area (Å²) in [6, 6.07) is 0. The Bertz CT molecular complexity index is 387. The number of hydrogen-bond acceptors (Lipinski definition) is 5. The number of halogens is 1.